The molecule has 0 spiro atoms. The number of hydrogen-bond acceptors (Lipinski definition) is 6. The molecule has 0 saturated carbocycles. The van der Waals surface area contributed by atoms with Crippen LogP contribution >= 0.6 is 0 Å². The highest BCUT2D eigenvalue weighted by atomic mass is 16.7. The molecule has 1 aliphatic rings. The number of hydrogen-bond donors (Lipinski definition) is 1. The molecule has 122 valence electrons. The highest BCUT2D eigenvalue weighted by molar-refractivity contribution is 6.02. The van der Waals surface area contributed by atoms with Crippen LogP contribution in [0.25, 0.3) is 0 Å². The van der Waals surface area contributed by atoms with Crippen LogP contribution in [-0.4, -0.2) is 23.3 Å². The van der Waals surface area contributed by atoms with Gasteiger partial charge in [-0.1, -0.05) is 12.1 Å². The number of para-hydroxylation sites is 1. The van der Waals surface area contributed by atoms with Gasteiger partial charge in [0.2, 0.25) is 6.79 Å². The van der Waals surface area contributed by atoms with E-state index in [4.69, 9.17) is 9.47 Å². The minimum atomic E-state index is -0.651. The zero-order valence-corrected chi connectivity index (χ0v) is 12.7. The summed E-state index contributed by atoms with van der Waals surface area (Å²) in [6.45, 7) is 1.88. The van der Waals surface area contributed by atoms with Crippen molar-refractivity contribution in [1.29, 1.82) is 0 Å². The number of hydrazone groups is 1. The van der Waals surface area contributed by atoms with Gasteiger partial charge in [0.25, 0.3) is 11.6 Å². The van der Waals surface area contributed by atoms with E-state index in [9.17, 15) is 14.9 Å². The van der Waals surface area contributed by atoms with Gasteiger partial charge in [-0.3, -0.25) is 14.9 Å². The first kappa shape index (κ1) is 15.5. The SMILES string of the molecule is CC(=NNC(=O)c1ccccc1[N+](=O)[O-])c1ccc2c(c1)OCO2. The second-order valence-corrected chi connectivity index (χ2v) is 4.98. The first-order chi connectivity index (χ1) is 11.6. The number of nitrogens with one attached hydrogen (secondary N) is 1. The molecular formula is C16H13N3O5. The van der Waals surface area contributed by atoms with Crippen molar-refractivity contribution in [3.8, 4) is 11.5 Å². The molecule has 3 rings (SSSR count). The van der Waals surface area contributed by atoms with Crippen molar-refractivity contribution >= 4 is 17.3 Å². The van der Waals surface area contributed by atoms with Crippen molar-refractivity contribution in [3.05, 3.63) is 63.7 Å². The van der Waals surface area contributed by atoms with Crippen LogP contribution in [0.4, 0.5) is 5.69 Å². The molecule has 1 amide bonds. The number of nitro groups is 1. The number of fused-ring (bicyclic) bond motifs is 1. The Morgan fingerprint density at radius 1 is 1.21 bits per heavy atom. The molecule has 1 N–H and O–H groups in total. The van der Waals surface area contributed by atoms with E-state index < -0.39 is 10.8 Å². The average Bonchev–Trinajstić information content (AvgIpc) is 3.06. The summed E-state index contributed by atoms with van der Waals surface area (Å²) >= 11 is 0. The zero-order valence-electron chi connectivity index (χ0n) is 12.7. The van der Waals surface area contributed by atoms with Gasteiger partial charge < -0.3 is 9.47 Å². The Balaban J connectivity index is 1.78. The fourth-order valence-electron chi connectivity index (χ4n) is 2.21. The third kappa shape index (κ3) is 3.02. The van der Waals surface area contributed by atoms with Crippen LogP contribution in [0.2, 0.25) is 0 Å². The zero-order chi connectivity index (χ0) is 17.1. The molecule has 24 heavy (non-hydrogen) atoms. The highest BCUT2D eigenvalue weighted by Gasteiger charge is 2.19. The lowest BCUT2D eigenvalue weighted by Gasteiger charge is -2.04. The molecule has 2 aromatic carbocycles. The normalized spacial score (nSPS) is 12.8. The molecule has 0 fully saturated rings. The Morgan fingerprint density at radius 2 is 1.96 bits per heavy atom. The maximum absolute atomic E-state index is 12.1. The van der Waals surface area contributed by atoms with E-state index in [0.717, 1.165) is 5.56 Å². The molecule has 8 heteroatoms. The number of rotatable bonds is 4. The molecule has 8 nitrogen and oxygen atoms in total. The van der Waals surface area contributed by atoms with Crippen LogP contribution in [-0.2, 0) is 0 Å². The van der Waals surface area contributed by atoms with Crippen LogP contribution in [0.3, 0.4) is 0 Å². The van der Waals surface area contributed by atoms with Crippen LogP contribution in [0.1, 0.15) is 22.8 Å². The maximum atomic E-state index is 12.1. The third-order valence-electron chi connectivity index (χ3n) is 3.46. The number of nitro benzene ring substituents is 1. The van der Waals surface area contributed by atoms with Gasteiger partial charge in [0, 0.05) is 11.6 Å². The first-order valence-electron chi connectivity index (χ1n) is 7.04. The van der Waals surface area contributed by atoms with E-state index in [1.54, 1.807) is 31.2 Å². The molecular weight excluding hydrogens is 314 g/mol. The smallest absolute Gasteiger partial charge is 0.282 e. The summed E-state index contributed by atoms with van der Waals surface area (Å²) in [5.41, 5.74) is 3.28. The van der Waals surface area contributed by atoms with Crippen LogP contribution < -0.4 is 14.9 Å². The first-order valence-corrected chi connectivity index (χ1v) is 7.04. The topological polar surface area (TPSA) is 103 Å². The molecule has 0 aromatic heterocycles. The van der Waals surface area contributed by atoms with Crippen LogP contribution in [0, 0.1) is 10.1 Å². The van der Waals surface area contributed by atoms with Crippen molar-refractivity contribution in [2.24, 2.45) is 5.10 Å². The Bertz CT molecular complexity index is 847. The standard InChI is InChI=1S/C16H13N3O5/c1-10(11-6-7-14-15(8-11)24-9-23-14)17-18-16(20)12-4-2-3-5-13(12)19(21)22/h2-8H,9H2,1H3,(H,18,20). The fraction of sp³-hybridized carbons (Fsp3) is 0.125. The van der Waals surface area contributed by atoms with E-state index in [0.29, 0.717) is 17.2 Å². The predicted octanol–water partition coefficient (Wildman–Crippen LogP) is 2.48. The number of nitrogens with zero attached hydrogens (tertiary/aromatic N) is 2. The predicted molar refractivity (Wildman–Crippen MR) is 85.3 cm³/mol. The van der Waals surface area contributed by atoms with Gasteiger partial charge in [0.1, 0.15) is 5.56 Å². The van der Waals surface area contributed by atoms with Gasteiger partial charge in [-0.25, -0.2) is 5.43 Å². The van der Waals surface area contributed by atoms with Crippen molar-refractivity contribution < 1.29 is 19.2 Å². The van der Waals surface area contributed by atoms with Gasteiger partial charge in [0.15, 0.2) is 11.5 Å². The number of amides is 1. The Labute approximate surface area is 136 Å². The summed E-state index contributed by atoms with van der Waals surface area (Å²) in [6.07, 6.45) is 0. The largest absolute Gasteiger partial charge is 0.454 e. The quantitative estimate of drug-likeness (QED) is 0.528. The number of carbonyl (C=O) groups excluding carboxylic acids is 1. The summed E-state index contributed by atoms with van der Waals surface area (Å²) in [6, 6.07) is 11.0. The molecule has 1 heterocycles. The lowest BCUT2D eigenvalue weighted by atomic mass is 10.1. The Kier molecular flexibility index (Phi) is 4.11. The van der Waals surface area contributed by atoms with Crippen molar-refractivity contribution in [3.63, 3.8) is 0 Å². The van der Waals surface area contributed by atoms with E-state index in [1.807, 2.05) is 0 Å². The van der Waals surface area contributed by atoms with E-state index in [-0.39, 0.29) is 18.0 Å². The van der Waals surface area contributed by atoms with Crippen molar-refractivity contribution in [1.82, 2.24) is 5.43 Å². The summed E-state index contributed by atoms with van der Waals surface area (Å²) in [4.78, 5) is 22.5. The van der Waals surface area contributed by atoms with Gasteiger partial charge >= 0.3 is 0 Å². The maximum Gasteiger partial charge on any atom is 0.282 e. The summed E-state index contributed by atoms with van der Waals surface area (Å²) < 4.78 is 10.5. The molecule has 0 aliphatic carbocycles. The molecule has 0 radical (unpaired) electrons. The lowest BCUT2D eigenvalue weighted by Crippen LogP contribution is -2.20. The summed E-state index contributed by atoms with van der Waals surface area (Å²) in [5, 5.41) is 15.0. The molecule has 0 saturated heterocycles. The lowest BCUT2D eigenvalue weighted by molar-refractivity contribution is -0.385. The summed E-state index contributed by atoms with van der Waals surface area (Å²) in [7, 11) is 0. The second-order valence-electron chi connectivity index (χ2n) is 4.98. The van der Waals surface area contributed by atoms with Crippen molar-refractivity contribution in [2.75, 3.05) is 6.79 Å². The van der Waals surface area contributed by atoms with Gasteiger partial charge in [-0.15, -0.1) is 0 Å². The summed E-state index contributed by atoms with van der Waals surface area (Å²) in [5.74, 6) is 0.602. The number of carbonyl (C=O) groups is 1. The molecule has 2 aromatic rings. The van der Waals surface area contributed by atoms with Crippen molar-refractivity contribution in [2.45, 2.75) is 6.92 Å². The molecule has 1 aliphatic heterocycles. The average molecular weight is 327 g/mol. The van der Waals surface area contributed by atoms with Gasteiger partial charge in [-0.05, 0) is 31.2 Å². The van der Waals surface area contributed by atoms with E-state index in [2.05, 4.69) is 10.5 Å². The Morgan fingerprint density at radius 3 is 2.75 bits per heavy atom. The number of ether oxygens (including phenoxy) is 2. The van der Waals surface area contributed by atoms with E-state index >= 15 is 0 Å². The van der Waals surface area contributed by atoms with E-state index in [1.165, 1.54) is 18.2 Å². The van der Waals surface area contributed by atoms with Crippen LogP contribution in [0.15, 0.2) is 47.6 Å². The van der Waals surface area contributed by atoms with Gasteiger partial charge in [0.05, 0.1) is 10.6 Å². The molecule has 0 atom stereocenters. The Hall–Kier alpha value is -3.42. The third-order valence-corrected chi connectivity index (χ3v) is 3.46. The van der Waals surface area contributed by atoms with Crippen LogP contribution in [0.5, 0.6) is 11.5 Å². The monoisotopic (exact) mass is 327 g/mol. The second kappa shape index (κ2) is 6.37. The molecule has 0 unspecified atom stereocenters. The molecule has 0 bridgehead atoms. The number of benzene rings is 2. The highest BCUT2D eigenvalue weighted by Crippen LogP contribution is 2.32. The van der Waals surface area contributed by atoms with Gasteiger partial charge in [-0.2, -0.15) is 5.10 Å². The minimum Gasteiger partial charge on any atom is -0.454 e. The fourth-order valence-corrected chi connectivity index (χ4v) is 2.21. The minimum absolute atomic E-state index is 0.0512.